The van der Waals surface area contributed by atoms with E-state index in [1.807, 2.05) is 7.11 Å². The highest BCUT2D eigenvalue weighted by Gasteiger charge is 2.62. The lowest BCUT2D eigenvalue weighted by molar-refractivity contribution is -0.176. The smallest absolute Gasteiger partial charge is 0.0577 e. The van der Waals surface area contributed by atoms with Gasteiger partial charge < -0.3 is 14.9 Å². The summed E-state index contributed by atoms with van der Waals surface area (Å²) in [7, 11) is 1.85. The molecule has 0 unspecified atom stereocenters. The first-order valence-electron chi connectivity index (χ1n) is 11.2. The van der Waals surface area contributed by atoms with E-state index in [4.69, 9.17) is 4.74 Å². The molecule has 0 heterocycles. The van der Waals surface area contributed by atoms with Crippen molar-refractivity contribution in [2.24, 2.45) is 46.3 Å². The van der Waals surface area contributed by atoms with Crippen LogP contribution in [0.2, 0.25) is 0 Å². The van der Waals surface area contributed by atoms with Crippen LogP contribution in [-0.2, 0) is 4.74 Å². The predicted octanol–water partition coefficient (Wildman–Crippen LogP) is 4.26. The fourth-order valence-electron chi connectivity index (χ4n) is 8.50. The zero-order valence-electron chi connectivity index (χ0n) is 17.3. The van der Waals surface area contributed by atoms with E-state index in [-0.39, 0.29) is 6.10 Å². The van der Waals surface area contributed by atoms with Crippen LogP contribution in [-0.4, -0.2) is 36.1 Å². The molecular formula is C23H40O3. The number of rotatable bonds is 3. The highest BCUT2D eigenvalue weighted by Crippen LogP contribution is 2.68. The van der Waals surface area contributed by atoms with E-state index in [0.717, 1.165) is 12.8 Å². The third-order valence-electron chi connectivity index (χ3n) is 10.0. The van der Waals surface area contributed by atoms with Crippen molar-refractivity contribution in [2.45, 2.75) is 84.3 Å². The summed E-state index contributed by atoms with van der Waals surface area (Å²) in [5.41, 5.74) is 0.707. The number of hydrogen-bond donors (Lipinski definition) is 2. The van der Waals surface area contributed by atoms with Gasteiger partial charge in [-0.05, 0) is 97.7 Å². The molecule has 0 aromatic carbocycles. The van der Waals surface area contributed by atoms with Crippen molar-refractivity contribution in [3.8, 4) is 0 Å². The lowest BCUT2D eigenvalue weighted by atomic mass is 9.43. The molecule has 0 bridgehead atoms. The Bertz CT molecular complexity index is 522. The maximum absolute atomic E-state index is 11.3. The molecular weight excluding hydrogens is 324 g/mol. The minimum absolute atomic E-state index is 0.138. The number of aliphatic hydroxyl groups is 2. The van der Waals surface area contributed by atoms with Crippen molar-refractivity contribution in [3.05, 3.63) is 0 Å². The summed E-state index contributed by atoms with van der Waals surface area (Å²) in [6.07, 6.45) is 9.89. The Balaban J connectivity index is 1.61. The Kier molecular flexibility index (Phi) is 4.98. The second kappa shape index (κ2) is 6.74. The molecule has 3 heteroatoms. The van der Waals surface area contributed by atoms with Crippen molar-refractivity contribution in [3.63, 3.8) is 0 Å². The average Bonchev–Trinajstić information content (AvgIpc) is 2.98. The van der Waals surface area contributed by atoms with Gasteiger partial charge >= 0.3 is 0 Å². The molecule has 4 aliphatic rings. The molecule has 0 radical (unpaired) electrons. The van der Waals surface area contributed by atoms with Gasteiger partial charge in [-0.15, -0.1) is 0 Å². The first kappa shape index (κ1) is 19.2. The van der Waals surface area contributed by atoms with E-state index >= 15 is 0 Å². The first-order valence-corrected chi connectivity index (χ1v) is 11.2. The van der Waals surface area contributed by atoms with Gasteiger partial charge in [0, 0.05) is 13.7 Å². The lowest BCUT2D eigenvalue weighted by Gasteiger charge is -2.62. The molecule has 0 spiro atoms. The Morgan fingerprint density at radius 1 is 1.00 bits per heavy atom. The Hall–Kier alpha value is -0.120. The molecule has 150 valence electrons. The summed E-state index contributed by atoms with van der Waals surface area (Å²) >= 11 is 0. The van der Waals surface area contributed by atoms with E-state index in [2.05, 4.69) is 20.8 Å². The Labute approximate surface area is 159 Å². The van der Waals surface area contributed by atoms with Crippen LogP contribution in [0.4, 0.5) is 0 Å². The molecule has 2 N–H and O–H groups in total. The monoisotopic (exact) mass is 364 g/mol. The van der Waals surface area contributed by atoms with Gasteiger partial charge in [0.2, 0.25) is 0 Å². The zero-order chi connectivity index (χ0) is 18.7. The summed E-state index contributed by atoms with van der Waals surface area (Å²) < 4.78 is 5.69. The van der Waals surface area contributed by atoms with Crippen molar-refractivity contribution >= 4 is 0 Å². The zero-order valence-corrected chi connectivity index (χ0v) is 17.3. The fraction of sp³-hybridized carbons (Fsp3) is 1.00. The largest absolute Gasteiger partial charge is 0.396 e. The topological polar surface area (TPSA) is 49.7 Å². The molecule has 3 nitrogen and oxygen atoms in total. The molecule has 26 heavy (non-hydrogen) atoms. The second-order valence-corrected chi connectivity index (χ2v) is 10.8. The summed E-state index contributed by atoms with van der Waals surface area (Å²) in [6.45, 7) is 7.56. The molecule has 4 saturated carbocycles. The van der Waals surface area contributed by atoms with Crippen molar-refractivity contribution in [1.82, 2.24) is 0 Å². The molecule has 0 aromatic rings. The van der Waals surface area contributed by atoms with Gasteiger partial charge in [0.05, 0.1) is 12.2 Å². The van der Waals surface area contributed by atoms with Gasteiger partial charge in [-0.1, -0.05) is 20.8 Å². The highest BCUT2D eigenvalue weighted by atomic mass is 16.5. The van der Waals surface area contributed by atoms with Crippen molar-refractivity contribution in [1.29, 1.82) is 0 Å². The van der Waals surface area contributed by atoms with Crippen molar-refractivity contribution in [2.75, 3.05) is 13.7 Å². The Morgan fingerprint density at radius 2 is 1.69 bits per heavy atom. The maximum Gasteiger partial charge on any atom is 0.0577 e. The fourth-order valence-corrected chi connectivity index (χ4v) is 8.50. The first-order chi connectivity index (χ1) is 12.3. The van der Waals surface area contributed by atoms with Crippen LogP contribution in [0, 0.1) is 46.3 Å². The van der Waals surface area contributed by atoms with Crippen LogP contribution < -0.4 is 0 Å². The second-order valence-electron chi connectivity index (χ2n) is 10.8. The number of methoxy groups -OCH3 is 1. The summed E-state index contributed by atoms with van der Waals surface area (Å²) in [6, 6.07) is 0. The average molecular weight is 365 g/mol. The predicted molar refractivity (Wildman–Crippen MR) is 104 cm³/mol. The molecule has 4 rings (SSSR count). The molecule has 10 atom stereocenters. The van der Waals surface area contributed by atoms with Gasteiger partial charge in [0.25, 0.3) is 0 Å². The van der Waals surface area contributed by atoms with Crippen molar-refractivity contribution < 1.29 is 14.9 Å². The van der Waals surface area contributed by atoms with Gasteiger partial charge in [0.15, 0.2) is 0 Å². The van der Waals surface area contributed by atoms with Gasteiger partial charge in [-0.3, -0.25) is 0 Å². The lowest BCUT2D eigenvalue weighted by Crippen LogP contribution is -2.58. The van der Waals surface area contributed by atoms with E-state index in [1.54, 1.807) is 0 Å². The molecule has 0 aromatic heterocycles. The van der Waals surface area contributed by atoms with Crippen LogP contribution in [0.15, 0.2) is 0 Å². The Morgan fingerprint density at radius 3 is 2.38 bits per heavy atom. The minimum atomic E-state index is -0.138. The van der Waals surface area contributed by atoms with Gasteiger partial charge in [0.1, 0.15) is 0 Å². The maximum atomic E-state index is 11.3. The normalized spacial score (nSPS) is 54.9. The van der Waals surface area contributed by atoms with Crippen LogP contribution in [0.5, 0.6) is 0 Å². The summed E-state index contributed by atoms with van der Waals surface area (Å²) in [5.74, 6) is 3.44. The molecule has 0 aliphatic heterocycles. The van der Waals surface area contributed by atoms with Gasteiger partial charge in [-0.2, -0.15) is 0 Å². The number of ether oxygens (including phenoxy) is 1. The number of aliphatic hydroxyl groups excluding tert-OH is 2. The standard InChI is InChI=1S/C23H40O3/c1-14(13-24)17-5-6-18-21-19(8-10-23(17,18)3)22(2)9-7-16(26-4)11-15(22)12-20(21)25/h14-21,24-25H,5-13H2,1-4H3/t14-,15+,16-,17-,18+,19+,20-,21+,22+,23-/m1/s1. The quantitative estimate of drug-likeness (QED) is 0.787. The number of hydrogen-bond acceptors (Lipinski definition) is 3. The summed E-state index contributed by atoms with van der Waals surface area (Å²) in [4.78, 5) is 0. The van der Waals surface area contributed by atoms with E-state index in [0.29, 0.717) is 59.0 Å². The van der Waals surface area contributed by atoms with Gasteiger partial charge in [-0.25, -0.2) is 0 Å². The molecule has 4 aliphatic carbocycles. The van der Waals surface area contributed by atoms with E-state index < -0.39 is 0 Å². The third kappa shape index (κ3) is 2.63. The molecule has 0 amide bonds. The van der Waals surface area contributed by atoms with Crippen LogP contribution in [0.25, 0.3) is 0 Å². The van der Waals surface area contributed by atoms with Crippen LogP contribution in [0.1, 0.15) is 72.1 Å². The summed E-state index contributed by atoms with van der Waals surface area (Å²) in [5, 5.41) is 21.0. The third-order valence-corrected chi connectivity index (χ3v) is 10.0. The minimum Gasteiger partial charge on any atom is -0.396 e. The van der Waals surface area contributed by atoms with Crippen LogP contribution in [0.3, 0.4) is 0 Å². The molecule has 4 fully saturated rings. The molecule has 0 saturated heterocycles. The number of fused-ring (bicyclic) bond motifs is 5. The van der Waals surface area contributed by atoms with E-state index in [1.165, 1.54) is 38.5 Å². The highest BCUT2D eigenvalue weighted by molar-refractivity contribution is 5.11. The SMILES string of the molecule is CO[C@@H]1CC[C@@]2(C)[C@@H](C1)C[C@@H](O)[C@@H]1[C@@H]2CC[C@]2(C)[C@@H]([C@H](C)CO)CC[C@@H]12. The van der Waals surface area contributed by atoms with E-state index in [9.17, 15) is 10.2 Å². The van der Waals surface area contributed by atoms with Crippen LogP contribution >= 0.6 is 0 Å².